The van der Waals surface area contributed by atoms with Gasteiger partial charge in [0.2, 0.25) is 5.89 Å². The molecule has 5 nitrogen and oxygen atoms in total. The zero-order valence-corrected chi connectivity index (χ0v) is 12.6. The summed E-state index contributed by atoms with van der Waals surface area (Å²) in [5.74, 6) is 0.668. The summed E-state index contributed by atoms with van der Waals surface area (Å²) in [7, 11) is 0. The van der Waals surface area contributed by atoms with Gasteiger partial charge in [-0.1, -0.05) is 17.9 Å². The molecule has 1 aliphatic rings. The highest BCUT2D eigenvalue weighted by molar-refractivity contribution is 5.26. The molecule has 1 saturated carbocycles. The second-order valence-electron chi connectivity index (χ2n) is 6.31. The number of aromatic nitrogens is 2. The van der Waals surface area contributed by atoms with Crippen molar-refractivity contribution in [2.75, 3.05) is 11.4 Å². The van der Waals surface area contributed by atoms with Gasteiger partial charge in [-0.2, -0.15) is 0 Å². The molecule has 0 bridgehead atoms. The van der Waals surface area contributed by atoms with Crippen LogP contribution in [0.25, 0.3) is 0 Å². The third-order valence-electron chi connectivity index (χ3n) is 3.58. The summed E-state index contributed by atoms with van der Waals surface area (Å²) in [6, 6.07) is 1.26. The highest BCUT2D eigenvalue weighted by atomic mass is 16.4. The average Bonchev–Trinajstić information content (AvgIpc) is 2.98. The van der Waals surface area contributed by atoms with Gasteiger partial charge in [-0.05, 0) is 40.5 Å². The van der Waals surface area contributed by atoms with E-state index in [4.69, 9.17) is 4.42 Å². The van der Waals surface area contributed by atoms with E-state index in [9.17, 15) is 0 Å². The third kappa shape index (κ3) is 3.93. The van der Waals surface area contributed by atoms with Crippen molar-refractivity contribution in [1.29, 1.82) is 0 Å². The van der Waals surface area contributed by atoms with Crippen LogP contribution >= 0.6 is 0 Å². The number of anilines is 1. The largest absolute Gasteiger partial charge is 0.407 e. The van der Waals surface area contributed by atoms with Gasteiger partial charge in [0.05, 0.1) is 6.54 Å². The lowest BCUT2D eigenvalue weighted by Crippen LogP contribution is -2.35. The molecule has 0 spiro atoms. The molecular weight excluding hydrogens is 240 g/mol. The SMILES string of the molecule is CCN(c1nnc(CNC(C)(C)C)o1)C1CCCC1. The molecule has 0 aromatic carbocycles. The Labute approximate surface area is 115 Å². The normalized spacial score (nSPS) is 17.1. The highest BCUT2D eigenvalue weighted by Crippen LogP contribution is 2.27. The van der Waals surface area contributed by atoms with E-state index in [-0.39, 0.29) is 5.54 Å². The molecule has 0 radical (unpaired) electrons. The molecule has 0 unspecified atom stereocenters. The van der Waals surface area contributed by atoms with Crippen molar-refractivity contribution in [2.45, 2.75) is 71.5 Å². The zero-order valence-electron chi connectivity index (χ0n) is 12.6. The van der Waals surface area contributed by atoms with Crippen molar-refractivity contribution in [3.8, 4) is 0 Å². The summed E-state index contributed by atoms with van der Waals surface area (Å²) in [5, 5.41) is 11.7. The first kappa shape index (κ1) is 14.3. The van der Waals surface area contributed by atoms with E-state index in [1.54, 1.807) is 0 Å². The van der Waals surface area contributed by atoms with E-state index >= 15 is 0 Å². The van der Waals surface area contributed by atoms with Crippen molar-refractivity contribution >= 4 is 6.01 Å². The van der Waals surface area contributed by atoms with Crippen LogP contribution in [0.4, 0.5) is 6.01 Å². The minimum absolute atomic E-state index is 0.0600. The lowest BCUT2D eigenvalue weighted by atomic mass is 10.1. The fourth-order valence-electron chi connectivity index (χ4n) is 2.54. The molecule has 1 aromatic rings. The van der Waals surface area contributed by atoms with Crippen molar-refractivity contribution in [3.63, 3.8) is 0 Å². The van der Waals surface area contributed by atoms with Crippen LogP contribution in [0.15, 0.2) is 4.42 Å². The first-order valence-electron chi connectivity index (χ1n) is 7.33. The van der Waals surface area contributed by atoms with Gasteiger partial charge in [-0.3, -0.25) is 0 Å². The molecule has 1 fully saturated rings. The Morgan fingerprint density at radius 3 is 2.53 bits per heavy atom. The summed E-state index contributed by atoms with van der Waals surface area (Å²) in [6.45, 7) is 10.1. The van der Waals surface area contributed by atoms with Gasteiger partial charge in [-0.25, -0.2) is 0 Å². The number of rotatable bonds is 5. The van der Waals surface area contributed by atoms with Crippen molar-refractivity contribution in [1.82, 2.24) is 15.5 Å². The topological polar surface area (TPSA) is 54.2 Å². The third-order valence-corrected chi connectivity index (χ3v) is 3.58. The van der Waals surface area contributed by atoms with Gasteiger partial charge in [0.1, 0.15) is 0 Å². The average molecular weight is 266 g/mol. The second-order valence-corrected chi connectivity index (χ2v) is 6.31. The lowest BCUT2D eigenvalue weighted by Gasteiger charge is -2.25. The zero-order chi connectivity index (χ0) is 13.9. The summed E-state index contributed by atoms with van der Waals surface area (Å²) >= 11 is 0. The molecule has 108 valence electrons. The van der Waals surface area contributed by atoms with Gasteiger partial charge >= 0.3 is 6.01 Å². The summed E-state index contributed by atoms with van der Waals surface area (Å²) in [5.41, 5.74) is 0.0600. The predicted molar refractivity (Wildman–Crippen MR) is 76.2 cm³/mol. The van der Waals surface area contributed by atoms with Crippen LogP contribution in [0.3, 0.4) is 0 Å². The Kier molecular flexibility index (Phi) is 4.45. The van der Waals surface area contributed by atoms with Crippen LogP contribution < -0.4 is 10.2 Å². The van der Waals surface area contributed by atoms with E-state index < -0.39 is 0 Å². The Hall–Kier alpha value is -1.10. The first-order valence-corrected chi connectivity index (χ1v) is 7.33. The number of hydrogen-bond acceptors (Lipinski definition) is 5. The van der Waals surface area contributed by atoms with Crippen molar-refractivity contribution in [3.05, 3.63) is 5.89 Å². The van der Waals surface area contributed by atoms with E-state index in [2.05, 4.69) is 48.1 Å². The van der Waals surface area contributed by atoms with Crippen molar-refractivity contribution < 1.29 is 4.42 Å². The quantitative estimate of drug-likeness (QED) is 0.888. The minimum Gasteiger partial charge on any atom is -0.407 e. The summed E-state index contributed by atoms with van der Waals surface area (Å²) < 4.78 is 5.79. The molecule has 1 aromatic heterocycles. The molecule has 1 heterocycles. The molecule has 0 atom stereocenters. The number of nitrogens with zero attached hydrogens (tertiary/aromatic N) is 3. The maximum Gasteiger partial charge on any atom is 0.318 e. The van der Waals surface area contributed by atoms with E-state index in [0.29, 0.717) is 24.5 Å². The maximum atomic E-state index is 5.79. The fraction of sp³-hybridized carbons (Fsp3) is 0.857. The van der Waals surface area contributed by atoms with Gasteiger partial charge in [0, 0.05) is 18.1 Å². The molecule has 0 aliphatic heterocycles. The highest BCUT2D eigenvalue weighted by Gasteiger charge is 2.25. The Bertz CT molecular complexity index is 390. The maximum absolute atomic E-state index is 5.79. The molecule has 0 amide bonds. The Morgan fingerprint density at radius 1 is 1.26 bits per heavy atom. The molecule has 0 saturated heterocycles. The minimum atomic E-state index is 0.0600. The first-order chi connectivity index (χ1) is 8.99. The van der Waals surface area contributed by atoms with Crippen LogP contribution in [-0.2, 0) is 6.54 Å². The number of hydrogen-bond donors (Lipinski definition) is 1. The Morgan fingerprint density at radius 2 is 1.95 bits per heavy atom. The predicted octanol–water partition coefficient (Wildman–Crippen LogP) is 2.73. The van der Waals surface area contributed by atoms with E-state index in [0.717, 1.165) is 6.54 Å². The van der Waals surface area contributed by atoms with Crippen molar-refractivity contribution in [2.24, 2.45) is 0 Å². The summed E-state index contributed by atoms with van der Waals surface area (Å²) in [6.07, 6.45) is 5.11. The molecule has 19 heavy (non-hydrogen) atoms. The van der Waals surface area contributed by atoms with Gasteiger partial charge in [0.25, 0.3) is 0 Å². The lowest BCUT2D eigenvalue weighted by molar-refractivity contribution is 0.378. The fourth-order valence-corrected chi connectivity index (χ4v) is 2.54. The van der Waals surface area contributed by atoms with E-state index in [1.807, 2.05) is 0 Å². The monoisotopic (exact) mass is 266 g/mol. The van der Waals surface area contributed by atoms with Crippen LogP contribution in [0, 0.1) is 0 Å². The van der Waals surface area contributed by atoms with E-state index in [1.165, 1.54) is 25.7 Å². The molecule has 1 aliphatic carbocycles. The molecule has 2 rings (SSSR count). The van der Waals surface area contributed by atoms with Gasteiger partial charge in [0.15, 0.2) is 0 Å². The molecule has 5 heteroatoms. The summed E-state index contributed by atoms with van der Waals surface area (Å²) in [4.78, 5) is 2.25. The van der Waals surface area contributed by atoms with Crippen LogP contribution in [-0.4, -0.2) is 28.3 Å². The smallest absolute Gasteiger partial charge is 0.318 e. The number of nitrogens with one attached hydrogen (secondary N) is 1. The van der Waals surface area contributed by atoms with Gasteiger partial charge < -0.3 is 14.6 Å². The second kappa shape index (κ2) is 5.90. The molecule has 1 N–H and O–H groups in total. The van der Waals surface area contributed by atoms with Crippen LogP contribution in [0.2, 0.25) is 0 Å². The van der Waals surface area contributed by atoms with Gasteiger partial charge in [-0.15, -0.1) is 5.10 Å². The Balaban J connectivity index is 1.98. The standard InChI is InChI=1S/C14H26N4O/c1-5-18(11-8-6-7-9-11)13-17-16-12(19-13)10-15-14(2,3)4/h11,15H,5-10H2,1-4H3. The molecular formula is C14H26N4O. The van der Waals surface area contributed by atoms with Crippen LogP contribution in [0.1, 0.15) is 59.3 Å². The van der Waals surface area contributed by atoms with Crippen LogP contribution in [0.5, 0.6) is 0 Å².